The Bertz CT molecular complexity index is 1770. The highest BCUT2D eigenvalue weighted by atomic mass is 32.2. The zero-order valence-electron chi connectivity index (χ0n) is 25.6. The van der Waals surface area contributed by atoms with E-state index in [1.54, 1.807) is 54.1 Å². The molecule has 3 amide bonds. The number of nitrogens with two attached hydrogens (primary N) is 1. The number of carbonyl (C=O) groups excluding carboxylic acids is 2. The van der Waals surface area contributed by atoms with Gasteiger partial charge in [0.15, 0.2) is 10.7 Å². The van der Waals surface area contributed by atoms with Gasteiger partial charge in [0.1, 0.15) is 5.01 Å². The van der Waals surface area contributed by atoms with Crippen molar-refractivity contribution in [1.82, 2.24) is 9.88 Å². The van der Waals surface area contributed by atoms with Crippen molar-refractivity contribution in [2.45, 2.75) is 57.2 Å². The van der Waals surface area contributed by atoms with Gasteiger partial charge in [-0.1, -0.05) is 36.4 Å². The highest BCUT2D eigenvalue weighted by molar-refractivity contribution is 7.72. The van der Waals surface area contributed by atoms with Crippen LogP contribution in [0.3, 0.4) is 0 Å². The van der Waals surface area contributed by atoms with Crippen LogP contribution >= 0.6 is 11.3 Å². The Morgan fingerprint density at radius 2 is 1.80 bits per heavy atom. The first kappa shape index (κ1) is 32.1. The average molecular weight is 648 g/mol. The topological polar surface area (TPSA) is 135 Å². The zero-order valence-corrected chi connectivity index (χ0v) is 27.4. The van der Waals surface area contributed by atoms with Crippen LogP contribution in [0.5, 0.6) is 0 Å². The molecule has 0 aliphatic carbocycles. The fourth-order valence-electron chi connectivity index (χ4n) is 5.22. The van der Waals surface area contributed by atoms with Crippen LogP contribution in [0.1, 0.15) is 38.8 Å². The predicted molar refractivity (Wildman–Crippen MR) is 178 cm³/mol. The molecule has 0 atom stereocenters. The van der Waals surface area contributed by atoms with Gasteiger partial charge in [-0.3, -0.25) is 10.2 Å². The Hall–Kier alpha value is -4.26. The molecular weight excluding hydrogens is 611 g/mol. The largest absolute Gasteiger partial charge is 0.447 e. The van der Waals surface area contributed by atoms with Crippen LogP contribution in [-0.4, -0.2) is 55.2 Å². The number of anilines is 2. The quantitative estimate of drug-likeness (QED) is 0.176. The minimum atomic E-state index is -2.97. The third kappa shape index (κ3) is 7.88. The smallest absolute Gasteiger partial charge is 0.411 e. The van der Waals surface area contributed by atoms with Gasteiger partial charge in [0, 0.05) is 53.9 Å². The molecule has 0 bridgehead atoms. The van der Waals surface area contributed by atoms with E-state index < -0.39 is 22.3 Å². The summed E-state index contributed by atoms with van der Waals surface area (Å²) in [7, 11) is -2.97. The Labute approximate surface area is 268 Å². The average Bonchev–Trinajstić information content (AvgIpc) is 3.59. The van der Waals surface area contributed by atoms with E-state index in [2.05, 4.69) is 10.3 Å². The second-order valence-electron chi connectivity index (χ2n) is 11.9. The number of nitrogens with zero attached hydrogens (tertiary/aromatic N) is 3. The first-order valence-electron chi connectivity index (χ1n) is 14.6. The number of urea groups is 1. The van der Waals surface area contributed by atoms with Crippen LogP contribution in [0.4, 0.5) is 21.0 Å². The summed E-state index contributed by atoms with van der Waals surface area (Å²) in [6.45, 7) is 8.89. The van der Waals surface area contributed by atoms with E-state index in [0.717, 1.165) is 16.7 Å². The third-order valence-corrected chi connectivity index (χ3v) is 8.97. The molecule has 1 aliphatic rings. The van der Waals surface area contributed by atoms with Crippen molar-refractivity contribution in [3.8, 4) is 21.0 Å². The molecular formula is C33H37N5O5S2. The zero-order chi connectivity index (χ0) is 32.3. The summed E-state index contributed by atoms with van der Waals surface area (Å²) in [4.78, 5) is 34.2. The number of hydrogen-bond donors (Lipinski definition) is 3. The molecule has 0 saturated carbocycles. The fourth-order valence-corrected chi connectivity index (χ4v) is 6.94. The second-order valence-corrected chi connectivity index (χ2v) is 14.0. The molecule has 1 saturated heterocycles. The van der Waals surface area contributed by atoms with Gasteiger partial charge in [-0.05, 0) is 75.6 Å². The molecule has 0 spiro atoms. The summed E-state index contributed by atoms with van der Waals surface area (Å²) in [6.07, 6.45) is 1.36. The molecule has 1 aromatic heterocycles. The summed E-state index contributed by atoms with van der Waals surface area (Å²) < 4.78 is 30.2. The van der Waals surface area contributed by atoms with E-state index >= 15 is 0 Å². The maximum Gasteiger partial charge on any atom is 0.411 e. The number of amides is 3. The van der Waals surface area contributed by atoms with Gasteiger partial charge in [-0.25, -0.2) is 23.0 Å². The van der Waals surface area contributed by atoms with Crippen LogP contribution in [0.25, 0.3) is 21.0 Å². The number of carbonyl (C=O) groups is 2. The molecule has 5 rings (SSSR count). The van der Waals surface area contributed by atoms with Gasteiger partial charge in [0.2, 0.25) is 0 Å². The van der Waals surface area contributed by atoms with Gasteiger partial charge in [0.25, 0.3) is 0 Å². The van der Waals surface area contributed by atoms with Crippen LogP contribution in [0, 0.1) is 0 Å². The van der Waals surface area contributed by atoms with E-state index in [-0.39, 0.29) is 17.0 Å². The van der Waals surface area contributed by atoms with Crippen LogP contribution in [0.2, 0.25) is 0 Å². The van der Waals surface area contributed by atoms with Gasteiger partial charge in [-0.15, -0.1) is 11.3 Å². The van der Waals surface area contributed by atoms with Gasteiger partial charge < -0.3 is 15.4 Å². The molecule has 0 unspecified atom stereocenters. The van der Waals surface area contributed by atoms with Crippen LogP contribution in [-0.2, 0) is 28.4 Å². The lowest BCUT2D eigenvalue weighted by atomic mass is 9.92. The first-order valence-corrected chi connectivity index (χ1v) is 16.6. The number of thiol groups is 1. The van der Waals surface area contributed by atoms with Crippen LogP contribution < -0.4 is 16.0 Å². The Morgan fingerprint density at radius 1 is 1.07 bits per heavy atom. The number of nitrogens with one attached hydrogen (secondary N) is 1. The minimum Gasteiger partial charge on any atom is -0.447 e. The molecule has 0 radical (unpaired) electrons. The SMILES string of the molecule is CC(C)OC(=O)Nc1ccc(-c2ncc(-c3ccc(N4CCN(Cc5ccccc5)C4=O)cc3[SH](=O)=O)s2)c(CC(C)(C)N)c1. The molecule has 236 valence electrons. The summed E-state index contributed by atoms with van der Waals surface area (Å²) in [5, 5.41) is 3.44. The summed E-state index contributed by atoms with van der Waals surface area (Å²) in [5.74, 6) is 0. The number of aromatic nitrogens is 1. The lowest BCUT2D eigenvalue weighted by Crippen LogP contribution is -2.34. The monoisotopic (exact) mass is 647 g/mol. The van der Waals surface area contributed by atoms with E-state index in [4.69, 9.17) is 10.5 Å². The van der Waals surface area contributed by atoms with Gasteiger partial charge in [-0.2, -0.15) is 0 Å². The number of rotatable bonds is 10. The van der Waals surface area contributed by atoms with Crippen molar-refractivity contribution in [2.75, 3.05) is 23.3 Å². The molecule has 12 heteroatoms. The Morgan fingerprint density at radius 3 is 2.49 bits per heavy atom. The van der Waals surface area contributed by atoms with Crippen molar-refractivity contribution in [3.05, 3.63) is 84.1 Å². The molecule has 1 aliphatic heterocycles. The molecule has 2 heterocycles. The first-order chi connectivity index (χ1) is 21.4. The van der Waals surface area contributed by atoms with Crippen molar-refractivity contribution >= 4 is 45.5 Å². The fraction of sp³-hybridized carbons (Fsp3) is 0.303. The molecule has 3 N–H and O–H groups in total. The number of thiazole rings is 1. The maximum absolute atomic E-state index is 13.2. The van der Waals surface area contributed by atoms with Crippen molar-refractivity contribution in [3.63, 3.8) is 0 Å². The molecule has 3 aromatic carbocycles. The second kappa shape index (κ2) is 13.4. The Kier molecular flexibility index (Phi) is 9.56. The molecule has 45 heavy (non-hydrogen) atoms. The standard InChI is InChI=1S/C33H37N5O5S2/c1-21(2)43-31(39)36-24-10-12-26(23(16-24)18-33(3,4)34)30-35-19-28(44-30)27-13-11-25(17-29(27)45(41)42)38-15-14-37(32(38)40)20-22-8-6-5-7-9-22/h5-13,16-17,19,21,45H,14-15,18,20,34H2,1-4H3,(H,36,39). The highest BCUT2D eigenvalue weighted by Gasteiger charge is 2.30. The summed E-state index contributed by atoms with van der Waals surface area (Å²) in [6, 6.07) is 20.2. The normalized spacial score (nSPS) is 13.6. The third-order valence-electron chi connectivity index (χ3n) is 7.14. The lowest BCUT2D eigenvalue weighted by Gasteiger charge is -2.21. The highest BCUT2D eigenvalue weighted by Crippen LogP contribution is 2.38. The summed E-state index contributed by atoms with van der Waals surface area (Å²) >= 11 is 1.36. The van der Waals surface area contributed by atoms with Gasteiger partial charge >= 0.3 is 12.1 Å². The van der Waals surface area contributed by atoms with Gasteiger partial charge in [0.05, 0.1) is 15.9 Å². The molecule has 4 aromatic rings. The van der Waals surface area contributed by atoms with E-state index in [1.165, 1.54) is 11.3 Å². The maximum atomic E-state index is 13.2. The van der Waals surface area contributed by atoms with Crippen LogP contribution in [0.15, 0.2) is 77.8 Å². The number of hydrogen-bond acceptors (Lipinski definition) is 8. The minimum absolute atomic E-state index is 0.124. The van der Waals surface area contributed by atoms with E-state index in [1.807, 2.05) is 56.3 Å². The van der Waals surface area contributed by atoms with Crippen molar-refractivity contribution in [1.29, 1.82) is 0 Å². The number of benzene rings is 3. The Balaban J connectivity index is 1.41. The van der Waals surface area contributed by atoms with E-state index in [9.17, 15) is 18.0 Å². The van der Waals surface area contributed by atoms with Crippen molar-refractivity contribution in [2.24, 2.45) is 5.73 Å². The number of ether oxygens (including phenoxy) is 1. The molecule has 10 nitrogen and oxygen atoms in total. The summed E-state index contributed by atoms with van der Waals surface area (Å²) in [5.41, 5.74) is 10.2. The van der Waals surface area contributed by atoms with E-state index in [0.29, 0.717) is 52.9 Å². The predicted octanol–water partition coefficient (Wildman–Crippen LogP) is 6.13. The van der Waals surface area contributed by atoms with Crippen molar-refractivity contribution < 1.29 is 22.7 Å². The molecule has 1 fully saturated rings. The lowest BCUT2D eigenvalue weighted by molar-refractivity contribution is 0.130.